The van der Waals surface area contributed by atoms with Gasteiger partial charge in [-0.25, -0.2) is 13.4 Å². The van der Waals surface area contributed by atoms with E-state index >= 15 is 0 Å². The summed E-state index contributed by atoms with van der Waals surface area (Å²) < 4.78 is 59.4. The number of alkyl halides is 3. The topological polar surface area (TPSA) is 76.1 Å². The Morgan fingerprint density at radius 3 is 2.33 bits per heavy atom. The molecule has 0 aliphatic heterocycles. The van der Waals surface area contributed by atoms with Crippen LogP contribution in [0.25, 0.3) is 0 Å². The van der Waals surface area contributed by atoms with E-state index in [1.54, 1.807) is 0 Å². The number of aromatic nitrogens is 1. The molecule has 18 heavy (non-hydrogen) atoms. The maximum Gasteiger partial charge on any atom is 0.416 e. The van der Waals surface area contributed by atoms with Crippen LogP contribution in [-0.2, 0) is 20.0 Å². The van der Waals surface area contributed by atoms with Crippen molar-refractivity contribution in [1.29, 1.82) is 0 Å². The van der Waals surface area contributed by atoms with Crippen molar-refractivity contribution < 1.29 is 26.4 Å². The first-order chi connectivity index (χ1) is 8.00. The minimum atomic E-state index is -4.79. The Bertz CT molecular complexity index is 586. The molecule has 1 rings (SSSR count). The van der Waals surface area contributed by atoms with E-state index < -0.39 is 37.5 Å². The van der Waals surface area contributed by atoms with Gasteiger partial charge in [0.2, 0.25) is 5.91 Å². The van der Waals surface area contributed by atoms with Gasteiger partial charge in [-0.2, -0.15) is 13.2 Å². The molecule has 1 N–H and O–H groups in total. The highest BCUT2D eigenvalue weighted by Crippen LogP contribution is 2.32. The van der Waals surface area contributed by atoms with Gasteiger partial charge in [-0.05, 0) is 12.1 Å². The fourth-order valence-corrected chi connectivity index (χ4v) is 1.75. The molecule has 5 nitrogen and oxygen atoms in total. The van der Waals surface area contributed by atoms with Crippen molar-refractivity contribution in [3.8, 4) is 0 Å². The first-order valence-electron chi connectivity index (χ1n) is 4.31. The average Bonchev–Trinajstić information content (AvgIpc) is 2.13. The number of hydrogen-bond donors (Lipinski definition) is 1. The third kappa shape index (κ3) is 3.84. The summed E-state index contributed by atoms with van der Waals surface area (Å²) in [7, 11) is 0.485. The second-order valence-corrected chi connectivity index (χ2v) is 5.71. The molecule has 0 atom stereocenters. The van der Waals surface area contributed by atoms with Crippen molar-refractivity contribution in [2.24, 2.45) is 0 Å². The van der Waals surface area contributed by atoms with Crippen molar-refractivity contribution in [1.82, 2.24) is 4.98 Å². The molecule has 1 aromatic heterocycles. The Balaban J connectivity index is 3.43. The van der Waals surface area contributed by atoms with Crippen LogP contribution in [0.4, 0.5) is 19.0 Å². The van der Waals surface area contributed by atoms with E-state index in [4.69, 9.17) is 10.7 Å². The summed E-state index contributed by atoms with van der Waals surface area (Å²) >= 11 is 0. The Kier molecular flexibility index (Phi) is 3.86. The van der Waals surface area contributed by atoms with Crippen molar-refractivity contribution in [3.63, 3.8) is 0 Å². The Labute approximate surface area is 104 Å². The van der Waals surface area contributed by atoms with Gasteiger partial charge in [0.15, 0.2) is 5.03 Å². The summed E-state index contributed by atoms with van der Waals surface area (Å²) in [6.07, 6.45) is -4.79. The van der Waals surface area contributed by atoms with Crippen molar-refractivity contribution in [2.75, 3.05) is 5.32 Å². The van der Waals surface area contributed by atoms with E-state index in [1.165, 1.54) is 0 Å². The van der Waals surface area contributed by atoms with Gasteiger partial charge in [-0.3, -0.25) is 4.79 Å². The number of rotatable bonds is 2. The Hall–Kier alpha value is -1.35. The Morgan fingerprint density at radius 2 is 1.94 bits per heavy atom. The molecule has 1 amide bonds. The summed E-state index contributed by atoms with van der Waals surface area (Å²) in [5.74, 6) is -1.24. The molecule has 0 spiro atoms. The zero-order valence-corrected chi connectivity index (χ0v) is 10.3. The number of hydrogen-bond acceptors (Lipinski definition) is 4. The van der Waals surface area contributed by atoms with Crippen LogP contribution in [0, 0.1) is 0 Å². The van der Waals surface area contributed by atoms with Crippen LogP contribution in [0.15, 0.2) is 17.2 Å². The standard InChI is InChI=1S/C8H6ClF3N2O3S/c1-4(15)13-6-2-5(8(10,11)12)3-7(14-6)18(9,16)17/h2-3H,1H3,(H,13,14,15). The van der Waals surface area contributed by atoms with Gasteiger partial charge in [0.1, 0.15) is 5.82 Å². The maximum absolute atomic E-state index is 12.5. The van der Waals surface area contributed by atoms with Gasteiger partial charge in [-0.15, -0.1) is 0 Å². The highest BCUT2D eigenvalue weighted by Gasteiger charge is 2.33. The summed E-state index contributed by atoms with van der Waals surface area (Å²) in [5.41, 5.74) is -1.28. The first kappa shape index (κ1) is 14.7. The number of halogens is 4. The number of amides is 1. The molecule has 0 saturated heterocycles. The van der Waals surface area contributed by atoms with Crippen LogP contribution < -0.4 is 5.32 Å². The fourth-order valence-electron chi connectivity index (χ4n) is 1.04. The van der Waals surface area contributed by atoms with Crippen LogP contribution in [0.5, 0.6) is 0 Å². The van der Waals surface area contributed by atoms with Gasteiger partial charge in [0, 0.05) is 17.6 Å². The van der Waals surface area contributed by atoms with Crippen LogP contribution in [0.3, 0.4) is 0 Å². The normalized spacial score (nSPS) is 12.3. The van der Waals surface area contributed by atoms with Gasteiger partial charge < -0.3 is 5.32 Å². The summed E-state index contributed by atoms with van der Waals surface area (Å²) in [6, 6.07) is 0.792. The minimum Gasteiger partial charge on any atom is -0.311 e. The molecule has 0 bridgehead atoms. The van der Waals surface area contributed by atoms with E-state index in [1.807, 2.05) is 5.32 Å². The van der Waals surface area contributed by atoms with Crippen molar-refractivity contribution in [3.05, 3.63) is 17.7 Å². The van der Waals surface area contributed by atoms with Crippen molar-refractivity contribution in [2.45, 2.75) is 18.1 Å². The summed E-state index contributed by atoms with van der Waals surface area (Å²) in [5, 5.41) is 0.973. The van der Waals surface area contributed by atoms with Crippen LogP contribution in [-0.4, -0.2) is 19.3 Å². The van der Waals surface area contributed by atoms with E-state index in [9.17, 15) is 26.4 Å². The van der Waals surface area contributed by atoms with Crippen LogP contribution >= 0.6 is 10.7 Å². The van der Waals surface area contributed by atoms with Gasteiger partial charge >= 0.3 is 6.18 Å². The lowest BCUT2D eigenvalue weighted by Crippen LogP contribution is -2.13. The smallest absolute Gasteiger partial charge is 0.311 e. The summed E-state index contributed by atoms with van der Waals surface area (Å²) in [4.78, 5) is 14.0. The van der Waals surface area contributed by atoms with E-state index in [0.29, 0.717) is 6.07 Å². The number of carbonyl (C=O) groups excluding carboxylic acids is 1. The fraction of sp³-hybridized carbons (Fsp3) is 0.250. The second-order valence-electron chi connectivity index (χ2n) is 3.20. The van der Waals surface area contributed by atoms with Crippen molar-refractivity contribution >= 4 is 31.5 Å². The zero-order valence-electron chi connectivity index (χ0n) is 8.75. The van der Waals surface area contributed by atoms with E-state index in [0.717, 1.165) is 6.92 Å². The molecular formula is C8H6ClF3N2O3S. The molecule has 10 heteroatoms. The molecule has 0 aliphatic rings. The van der Waals surface area contributed by atoms with Crippen LogP contribution in [0.2, 0.25) is 0 Å². The molecule has 0 unspecified atom stereocenters. The highest BCUT2D eigenvalue weighted by molar-refractivity contribution is 8.13. The largest absolute Gasteiger partial charge is 0.416 e. The first-order valence-corrected chi connectivity index (χ1v) is 6.62. The maximum atomic E-state index is 12.5. The van der Waals surface area contributed by atoms with Gasteiger partial charge in [0.05, 0.1) is 5.56 Å². The van der Waals surface area contributed by atoms with Gasteiger partial charge in [-0.1, -0.05) is 0 Å². The Morgan fingerprint density at radius 1 is 1.39 bits per heavy atom. The van der Waals surface area contributed by atoms with E-state index in [-0.39, 0.29) is 6.07 Å². The number of nitrogens with one attached hydrogen (secondary N) is 1. The molecule has 0 saturated carbocycles. The number of carbonyl (C=O) groups is 1. The molecule has 0 aliphatic carbocycles. The predicted molar refractivity (Wildman–Crippen MR) is 56.6 cm³/mol. The second kappa shape index (κ2) is 4.73. The minimum absolute atomic E-state index is 0.285. The summed E-state index contributed by atoms with van der Waals surface area (Å²) in [6.45, 7) is 1.04. The molecule has 1 heterocycles. The predicted octanol–water partition coefficient (Wildman–Crippen LogP) is 1.99. The molecule has 100 valence electrons. The molecule has 0 aromatic carbocycles. The monoisotopic (exact) mass is 302 g/mol. The quantitative estimate of drug-likeness (QED) is 0.848. The highest BCUT2D eigenvalue weighted by atomic mass is 35.7. The number of pyridine rings is 1. The third-order valence-electron chi connectivity index (χ3n) is 1.68. The SMILES string of the molecule is CC(=O)Nc1cc(C(F)(F)F)cc(S(=O)(=O)Cl)n1. The van der Waals surface area contributed by atoms with E-state index in [2.05, 4.69) is 4.98 Å². The van der Waals surface area contributed by atoms with Crippen LogP contribution in [0.1, 0.15) is 12.5 Å². The molecule has 0 radical (unpaired) electrons. The zero-order chi connectivity index (χ0) is 14.1. The average molecular weight is 303 g/mol. The molecule has 0 fully saturated rings. The number of anilines is 1. The molecule has 1 aromatic rings. The lowest BCUT2D eigenvalue weighted by atomic mass is 10.2. The number of nitrogens with zero attached hydrogens (tertiary/aromatic N) is 1. The lowest BCUT2D eigenvalue weighted by molar-refractivity contribution is -0.137. The third-order valence-corrected chi connectivity index (χ3v) is 2.87. The van der Waals surface area contributed by atoms with Gasteiger partial charge in [0.25, 0.3) is 9.05 Å². The lowest BCUT2D eigenvalue weighted by Gasteiger charge is -2.10. The molecular weight excluding hydrogens is 297 g/mol.